The van der Waals surface area contributed by atoms with E-state index in [-0.39, 0.29) is 5.69 Å². The maximum absolute atomic E-state index is 13.3. The van der Waals surface area contributed by atoms with Crippen LogP contribution in [0.5, 0.6) is 0 Å². The number of carbonyl (C=O) groups is 1. The van der Waals surface area contributed by atoms with Crippen LogP contribution in [0.15, 0.2) is 18.2 Å². The fraction of sp³-hybridized carbons (Fsp3) is 0.462. The van der Waals surface area contributed by atoms with Crippen LogP contribution >= 0.6 is 0 Å². The second-order valence-corrected chi connectivity index (χ2v) is 6.34. The van der Waals surface area contributed by atoms with Gasteiger partial charge in [0.15, 0.2) is 11.6 Å². The van der Waals surface area contributed by atoms with Gasteiger partial charge in [-0.05, 0) is 26.0 Å². The zero-order valence-electron chi connectivity index (χ0n) is 12.1. The van der Waals surface area contributed by atoms with Gasteiger partial charge in [0, 0.05) is 19.2 Å². The van der Waals surface area contributed by atoms with E-state index >= 15 is 0 Å². The number of carbonyl (C=O) groups excluding carboxylic acids is 1. The Bertz CT molecular complexity index is 616. The molecule has 0 aliphatic rings. The van der Waals surface area contributed by atoms with Crippen LogP contribution in [0.4, 0.5) is 14.5 Å². The Morgan fingerprint density at radius 3 is 2.14 bits per heavy atom. The molecule has 1 aromatic rings. The van der Waals surface area contributed by atoms with Crippen molar-refractivity contribution < 1.29 is 22.0 Å². The molecule has 0 aromatic heterocycles. The van der Waals surface area contributed by atoms with Crippen LogP contribution in [-0.4, -0.2) is 45.1 Å². The standard InChI is InChI=1S/C13H18F2N2O3S/c1-4-16(5-2)13(18)9-17(21(3,19)20)10-6-7-11(14)12(15)8-10/h6-8H,4-5,9H2,1-3H3. The lowest BCUT2D eigenvalue weighted by molar-refractivity contribution is -0.129. The highest BCUT2D eigenvalue weighted by molar-refractivity contribution is 7.92. The molecule has 0 fully saturated rings. The lowest BCUT2D eigenvalue weighted by atomic mass is 10.3. The highest BCUT2D eigenvalue weighted by Gasteiger charge is 2.23. The summed E-state index contributed by atoms with van der Waals surface area (Å²) < 4.78 is 50.6. The molecule has 0 aliphatic carbocycles. The molecule has 0 unspecified atom stereocenters. The summed E-state index contributed by atoms with van der Waals surface area (Å²) in [4.78, 5) is 13.5. The van der Waals surface area contributed by atoms with Crippen molar-refractivity contribution in [1.29, 1.82) is 0 Å². The molecule has 0 spiro atoms. The fourth-order valence-corrected chi connectivity index (χ4v) is 2.68. The normalized spacial score (nSPS) is 11.3. The van der Waals surface area contributed by atoms with Crippen molar-refractivity contribution in [3.63, 3.8) is 0 Å². The van der Waals surface area contributed by atoms with Gasteiger partial charge in [0.1, 0.15) is 6.54 Å². The minimum absolute atomic E-state index is 0.0862. The Morgan fingerprint density at radius 2 is 1.71 bits per heavy atom. The van der Waals surface area contributed by atoms with Crippen molar-refractivity contribution >= 4 is 21.6 Å². The van der Waals surface area contributed by atoms with Gasteiger partial charge < -0.3 is 4.90 Å². The third kappa shape index (κ3) is 4.38. The molecule has 0 aliphatic heterocycles. The van der Waals surface area contributed by atoms with Gasteiger partial charge >= 0.3 is 0 Å². The summed E-state index contributed by atoms with van der Waals surface area (Å²) >= 11 is 0. The minimum atomic E-state index is -3.80. The zero-order valence-corrected chi connectivity index (χ0v) is 13.0. The van der Waals surface area contributed by atoms with Gasteiger partial charge in [-0.15, -0.1) is 0 Å². The molecule has 0 heterocycles. The Morgan fingerprint density at radius 1 is 1.14 bits per heavy atom. The van der Waals surface area contributed by atoms with Gasteiger partial charge in [0.25, 0.3) is 0 Å². The number of anilines is 1. The van der Waals surface area contributed by atoms with Crippen LogP contribution in [0.1, 0.15) is 13.8 Å². The molecule has 118 valence electrons. The van der Waals surface area contributed by atoms with E-state index in [1.807, 2.05) is 0 Å². The molecule has 5 nitrogen and oxygen atoms in total. The van der Waals surface area contributed by atoms with Crippen molar-refractivity contribution in [1.82, 2.24) is 4.90 Å². The number of benzene rings is 1. The molecule has 0 atom stereocenters. The minimum Gasteiger partial charge on any atom is -0.342 e. The molecule has 8 heteroatoms. The summed E-state index contributed by atoms with van der Waals surface area (Å²) in [5.74, 6) is -2.66. The summed E-state index contributed by atoms with van der Waals surface area (Å²) in [6.45, 7) is 3.95. The van der Waals surface area contributed by atoms with Gasteiger partial charge in [0.05, 0.1) is 11.9 Å². The van der Waals surface area contributed by atoms with Gasteiger partial charge in [-0.1, -0.05) is 0 Å². The van der Waals surface area contributed by atoms with Crippen molar-refractivity contribution in [3.8, 4) is 0 Å². The van der Waals surface area contributed by atoms with Crippen molar-refractivity contribution in [3.05, 3.63) is 29.8 Å². The SMILES string of the molecule is CCN(CC)C(=O)CN(c1ccc(F)c(F)c1)S(C)(=O)=O. The van der Waals surface area contributed by atoms with Gasteiger partial charge in [-0.2, -0.15) is 0 Å². The quantitative estimate of drug-likeness (QED) is 0.800. The molecule has 0 saturated heterocycles. The molecule has 1 rings (SSSR count). The number of sulfonamides is 1. The summed E-state index contributed by atoms with van der Waals surface area (Å²) in [6, 6.07) is 2.70. The molecule has 0 radical (unpaired) electrons. The monoisotopic (exact) mass is 320 g/mol. The van der Waals surface area contributed by atoms with Crippen LogP contribution < -0.4 is 4.31 Å². The first kappa shape index (κ1) is 17.4. The second-order valence-electron chi connectivity index (χ2n) is 4.43. The average Bonchev–Trinajstić information content (AvgIpc) is 2.39. The van der Waals surface area contributed by atoms with Crippen molar-refractivity contribution in [2.24, 2.45) is 0 Å². The Kier molecular flexibility index (Phi) is 5.65. The Hall–Kier alpha value is -1.70. The average molecular weight is 320 g/mol. The summed E-state index contributed by atoms with van der Waals surface area (Å²) in [5, 5.41) is 0. The number of hydrogen-bond donors (Lipinski definition) is 0. The highest BCUT2D eigenvalue weighted by atomic mass is 32.2. The van der Waals surface area contributed by atoms with Crippen LogP contribution in [0, 0.1) is 11.6 Å². The van der Waals surface area contributed by atoms with Crippen molar-refractivity contribution in [2.75, 3.05) is 30.2 Å². The number of amides is 1. The maximum Gasteiger partial charge on any atom is 0.243 e. The van der Waals surface area contributed by atoms with E-state index in [4.69, 9.17) is 0 Å². The number of nitrogens with zero attached hydrogens (tertiary/aromatic N) is 2. The van der Waals surface area contributed by atoms with E-state index in [0.717, 1.165) is 28.8 Å². The van der Waals surface area contributed by atoms with E-state index in [0.29, 0.717) is 13.1 Å². The Labute approximate surface area is 123 Å². The molecule has 1 aromatic carbocycles. The number of likely N-dealkylation sites (N-methyl/N-ethyl adjacent to an activating group) is 1. The largest absolute Gasteiger partial charge is 0.342 e. The highest BCUT2D eigenvalue weighted by Crippen LogP contribution is 2.20. The van der Waals surface area contributed by atoms with E-state index in [1.165, 1.54) is 4.90 Å². The number of halogens is 2. The lowest BCUT2D eigenvalue weighted by Crippen LogP contribution is -2.42. The van der Waals surface area contributed by atoms with Gasteiger partial charge in [-0.25, -0.2) is 17.2 Å². The molecule has 0 saturated carbocycles. The summed E-state index contributed by atoms with van der Waals surface area (Å²) in [7, 11) is -3.80. The zero-order chi connectivity index (χ0) is 16.2. The first-order valence-electron chi connectivity index (χ1n) is 6.41. The molecule has 21 heavy (non-hydrogen) atoms. The van der Waals surface area contributed by atoms with Crippen molar-refractivity contribution in [2.45, 2.75) is 13.8 Å². The smallest absolute Gasteiger partial charge is 0.243 e. The molecular weight excluding hydrogens is 302 g/mol. The van der Waals surface area contributed by atoms with Crippen LogP contribution in [0.25, 0.3) is 0 Å². The van der Waals surface area contributed by atoms with E-state index in [1.54, 1.807) is 13.8 Å². The summed E-state index contributed by atoms with van der Waals surface area (Å²) in [5.41, 5.74) is -0.0862. The number of hydrogen-bond acceptors (Lipinski definition) is 3. The van der Waals surface area contributed by atoms with Gasteiger partial charge in [-0.3, -0.25) is 9.10 Å². The molecule has 0 N–H and O–H groups in total. The fourth-order valence-electron chi connectivity index (χ4n) is 1.84. The number of rotatable bonds is 6. The summed E-state index contributed by atoms with van der Waals surface area (Å²) in [6.07, 6.45) is 0.907. The molecule has 0 bridgehead atoms. The predicted octanol–water partition coefficient (Wildman–Crippen LogP) is 1.60. The Balaban J connectivity index is 3.13. The lowest BCUT2D eigenvalue weighted by Gasteiger charge is -2.26. The first-order chi connectivity index (χ1) is 9.70. The van der Waals surface area contributed by atoms with E-state index in [2.05, 4.69) is 0 Å². The second kappa shape index (κ2) is 6.84. The molecular formula is C13H18F2N2O3S. The van der Waals surface area contributed by atoms with E-state index in [9.17, 15) is 22.0 Å². The first-order valence-corrected chi connectivity index (χ1v) is 8.26. The predicted molar refractivity (Wildman–Crippen MR) is 76.5 cm³/mol. The van der Waals surface area contributed by atoms with E-state index < -0.39 is 34.1 Å². The van der Waals surface area contributed by atoms with Crippen LogP contribution in [0.2, 0.25) is 0 Å². The third-order valence-corrected chi connectivity index (χ3v) is 4.13. The maximum atomic E-state index is 13.3. The van der Waals surface area contributed by atoms with Crippen LogP contribution in [-0.2, 0) is 14.8 Å². The third-order valence-electron chi connectivity index (χ3n) is 2.99. The van der Waals surface area contributed by atoms with Gasteiger partial charge in [0.2, 0.25) is 15.9 Å². The topological polar surface area (TPSA) is 57.7 Å². The molecule has 1 amide bonds. The van der Waals surface area contributed by atoms with Crippen LogP contribution in [0.3, 0.4) is 0 Å².